The van der Waals surface area contributed by atoms with Crippen molar-refractivity contribution in [3.8, 4) is 11.1 Å². The SMILES string of the molecule is CCCCc1ccc(-c2ccc(CN(CC3CC3C(=O)OCC)c3ccc(F)c(C(=O)OC)c3)cc2)cc1. The summed E-state index contributed by atoms with van der Waals surface area (Å²) in [6.07, 6.45) is 4.24. The van der Waals surface area contributed by atoms with E-state index in [1.165, 1.54) is 43.2 Å². The molecule has 1 aliphatic carbocycles. The fourth-order valence-electron chi connectivity index (χ4n) is 4.78. The Morgan fingerprint density at radius 3 is 2.21 bits per heavy atom. The van der Waals surface area contributed by atoms with Gasteiger partial charge in [-0.1, -0.05) is 61.9 Å². The van der Waals surface area contributed by atoms with Gasteiger partial charge in [-0.2, -0.15) is 0 Å². The van der Waals surface area contributed by atoms with E-state index >= 15 is 0 Å². The lowest BCUT2D eigenvalue weighted by Crippen LogP contribution is -2.27. The molecule has 0 heterocycles. The van der Waals surface area contributed by atoms with Crippen LogP contribution >= 0.6 is 0 Å². The number of rotatable bonds is 12. The summed E-state index contributed by atoms with van der Waals surface area (Å²) in [5.74, 6) is -1.49. The number of nitrogens with zero attached hydrogens (tertiary/aromatic N) is 1. The Balaban J connectivity index is 1.52. The smallest absolute Gasteiger partial charge is 0.340 e. The lowest BCUT2D eigenvalue weighted by molar-refractivity contribution is -0.145. The molecular formula is C32H36FNO4. The van der Waals surface area contributed by atoms with Gasteiger partial charge in [0, 0.05) is 18.8 Å². The van der Waals surface area contributed by atoms with Gasteiger partial charge in [0.05, 0.1) is 25.2 Å². The predicted octanol–water partition coefficient (Wildman–Crippen LogP) is 6.83. The molecule has 0 aliphatic heterocycles. The summed E-state index contributed by atoms with van der Waals surface area (Å²) in [5.41, 5.74) is 5.34. The number of anilines is 1. The first-order chi connectivity index (χ1) is 18.4. The molecule has 3 aromatic rings. The normalized spacial score (nSPS) is 16.1. The minimum absolute atomic E-state index is 0.106. The quantitative estimate of drug-likeness (QED) is 0.247. The minimum Gasteiger partial charge on any atom is -0.466 e. The van der Waals surface area contributed by atoms with E-state index in [0.29, 0.717) is 25.4 Å². The first-order valence-corrected chi connectivity index (χ1v) is 13.4. The van der Waals surface area contributed by atoms with Gasteiger partial charge >= 0.3 is 11.9 Å². The summed E-state index contributed by atoms with van der Waals surface area (Å²) in [6.45, 7) is 5.51. The van der Waals surface area contributed by atoms with Gasteiger partial charge in [0.15, 0.2) is 0 Å². The van der Waals surface area contributed by atoms with Crippen molar-refractivity contribution >= 4 is 17.6 Å². The van der Waals surface area contributed by atoms with Crippen LogP contribution in [-0.4, -0.2) is 32.2 Å². The molecule has 0 radical (unpaired) electrons. The number of unbranched alkanes of at least 4 members (excludes halogenated alkanes) is 1. The van der Waals surface area contributed by atoms with Gasteiger partial charge < -0.3 is 14.4 Å². The van der Waals surface area contributed by atoms with Crippen molar-refractivity contribution in [2.24, 2.45) is 11.8 Å². The van der Waals surface area contributed by atoms with Gasteiger partial charge in [0.25, 0.3) is 0 Å². The molecule has 5 nitrogen and oxygen atoms in total. The Bertz CT molecular complexity index is 1240. The third-order valence-corrected chi connectivity index (χ3v) is 7.12. The maximum atomic E-state index is 14.3. The predicted molar refractivity (Wildman–Crippen MR) is 148 cm³/mol. The summed E-state index contributed by atoms with van der Waals surface area (Å²) < 4.78 is 24.3. The van der Waals surface area contributed by atoms with Crippen LogP contribution in [0.1, 0.15) is 54.6 Å². The third-order valence-electron chi connectivity index (χ3n) is 7.12. The molecule has 1 aliphatic rings. The fourth-order valence-corrected chi connectivity index (χ4v) is 4.78. The van der Waals surface area contributed by atoms with Crippen LogP contribution < -0.4 is 4.90 Å². The van der Waals surface area contributed by atoms with Crippen molar-refractivity contribution in [1.29, 1.82) is 0 Å². The topological polar surface area (TPSA) is 55.8 Å². The number of benzene rings is 3. The monoisotopic (exact) mass is 517 g/mol. The van der Waals surface area contributed by atoms with Crippen LogP contribution in [0.4, 0.5) is 10.1 Å². The van der Waals surface area contributed by atoms with Crippen LogP contribution in [0.5, 0.6) is 0 Å². The zero-order valence-electron chi connectivity index (χ0n) is 22.4. The van der Waals surface area contributed by atoms with Crippen LogP contribution in [-0.2, 0) is 27.2 Å². The Morgan fingerprint density at radius 1 is 0.947 bits per heavy atom. The van der Waals surface area contributed by atoms with E-state index in [9.17, 15) is 14.0 Å². The second-order valence-electron chi connectivity index (χ2n) is 9.89. The van der Waals surface area contributed by atoms with Crippen LogP contribution in [0.25, 0.3) is 11.1 Å². The second-order valence-corrected chi connectivity index (χ2v) is 9.89. The summed E-state index contributed by atoms with van der Waals surface area (Å²) in [6, 6.07) is 21.6. The number of carbonyl (C=O) groups excluding carboxylic acids is 2. The molecule has 0 amide bonds. The summed E-state index contributed by atoms with van der Waals surface area (Å²) >= 11 is 0. The number of halogens is 1. The standard InChI is InChI=1S/C32H36FNO4/c1-4-6-7-22-8-12-24(13-9-22)25-14-10-23(11-15-25)20-34(21-26-18-28(26)32(36)38-5-2)27-16-17-30(33)29(19-27)31(35)37-3/h8-17,19,26,28H,4-7,18,20-21H2,1-3H3. The van der Waals surface area contributed by atoms with Gasteiger partial charge in [-0.25, -0.2) is 9.18 Å². The van der Waals surface area contributed by atoms with Crippen LogP contribution in [0.2, 0.25) is 0 Å². The van der Waals surface area contributed by atoms with Gasteiger partial charge in [0.2, 0.25) is 0 Å². The Hall–Kier alpha value is -3.67. The molecule has 1 saturated carbocycles. The summed E-state index contributed by atoms with van der Waals surface area (Å²) in [7, 11) is 1.24. The fraction of sp³-hybridized carbons (Fsp3) is 0.375. The molecule has 0 spiro atoms. The lowest BCUT2D eigenvalue weighted by Gasteiger charge is -2.26. The number of esters is 2. The Kier molecular flexibility index (Phi) is 9.16. The molecule has 2 unspecified atom stereocenters. The first-order valence-electron chi connectivity index (χ1n) is 13.4. The van der Waals surface area contributed by atoms with E-state index in [2.05, 4.69) is 60.4 Å². The molecule has 6 heteroatoms. The molecule has 0 saturated heterocycles. The van der Waals surface area contributed by atoms with Crippen molar-refractivity contribution in [3.05, 3.63) is 89.2 Å². The van der Waals surface area contributed by atoms with E-state index in [1.807, 2.05) is 0 Å². The van der Waals surface area contributed by atoms with Crippen molar-refractivity contribution in [3.63, 3.8) is 0 Å². The van der Waals surface area contributed by atoms with Crippen molar-refractivity contribution in [1.82, 2.24) is 0 Å². The minimum atomic E-state index is -0.717. The summed E-state index contributed by atoms with van der Waals surface area (Å²) in [5, 5.41) is 0. The first kappa shape index (κ1) is 27.4. The van der Waals surface area contributed by atoms with Crippen LogP contribution in [0, 0.1) is 17.7 Å². The molecule has 2 atom stereocenters. The highest BCUT2D eigenvalue weighted by Crippen LogP contribution is 2.41. The largest absolute Gasteiger partial charge is 0.466 e. The number of carbonyl (C=O) groups is 2. The van der Waals surface area contributed by atoms with Gasteiger partial charge in [-0.05, 0) is 72.6 Å². The highest BCUT2D eigenvalue weighted by molar-refractivity contribution is 5.90. The van der Waals surface area contributed by atoms with E-state index in [0.717, 1.165) is 24.0 Å². The van der Waals surface area contributed by atoms with Crippen molar-refractivity contribution in [2.45, 2.75) is 46.1 Å². The van der Waals surface area contributed by atoms with Crippen molar-refractivity contribution in [2.75, 3.05) is 25.2 Å². The molecule has 38 heavy (non-hydrogen) atoms. The van der Waals surface area contributed by atoms with Gasteiger partial charge in [0.1, 0.15) is 5.82 Å². The van der Waals surface area contributed by atoms with Gasteiger partial charge in [-0.15, -0.1) is 0 Å². The average molecular weight is 518 g/mol. The van der Waals surface area contributed by atoms with E-state index in [-0.39, 0.29) is 23.4 Å². The molecule has 1 fully saturated rings. The molecule has 0 aromatic heterocycles. The van der Waals surface area contributed by atoms with E-state index in [4.69, 9.17) is 9.47 Å². The van der Waals surface area contributed by atoms with Crippen LogP contribution in [0.3, 0.4) is 0 Å². The average Bonchev–Trinajstić information content (AvgIpc) is 3.71. The second kappa shape index (κ2) is 12.7. The zero-order valence-corrected chi connectivity index (χ0v) is 22.4. The third kappa shape index (κ3) is 6.80. The Labute approximate surface area is 224 Å². The highest BCUT2D eigenvalue weighted by Gasteiger charge is 2.45. The lowest BCUT2D eigenvalue weighted by atomic mass is 10.0. The summed E-state index contributed by atoms with van der Waals surface area (Å²) in [4.78, 5) is 26.4. The maximum Gasteiger partial charge on any atom is 0.340 e. The number of ether oxygens (including phenoxy) is 2. The number of aryl methyl sites for hydroxylation is 1. The molecular weight excluding hydrogens is 481 g/mol. The number of hydrogen-bond donors (Lipinski definition) is 0. The van der Waals surface area contributed by atoms with Crippen molar-refractivity contribution < 1.29 is 23.5 Å². The molecule has 0 bridgehead atoms. The number of methoxy groups -OCH3 is 1. The molecule has 200 valence electrons. The van der Waals surface area contributed by atoms with Gasteiger partial charge in [-0.3, -0.25) is 4.79 Å². The molecule has 3 aromatic carbocycles. The van der Waals surface area contributed by atoms with Crippen LogP contribution in [0.15, 0.2) is 66.7 Å². The highest BCUT2D eigenvalue weighted by atomic mass is 19.1. The Morgan fingerprint density at radius 2 is 1.61 bits per heavy atom. The number of hydrogen-bond acceptors (Lipinski definition) is 5. The molecule has 4 rings (SSSR count). The maximum absolute atomic E-state index is 14.3. The van der Waals surface area contributed by atoms with E-state index < -0.39 is 11.8 Å². The zero-order chi connectivity index (χ0) is 27.1. The van der Waals surface area contributed by atoms with E-state index in [1.54, 1.807) is 13.0 Å². The molecule has 0 N–H and O–H groups in total.